The van der Waals surface area contributed by atoms with Gasteiger partial charge in [0.2, 0.25) is 5.91 Å². The molecule has 177 valence electrons. The van der Waals surface area contributed by atoms with E-state index < -0.39 is 23.7 Å². The first-order valence-corrected chi connectivity index (χ1v) is 10.6. The fourth-order valence-electron chi connectivity index (χ4n) is 2.74. The molecule has 33 heavy (non-hydrogen) atoms. The number of benzene rings is 2. The smallest absolute Gasteiger partial charge is 0.408 e. The molecule has 8 heteroatoms. The van der Waals surface area contributed by atoms with E-state index in [2.05, 4.69) is 17.7 Å². The third-order valence-electron chi connectivity index (χ3n) is 4.34. The summed E-state index contributed by atoms with van der Waals surface area (Å²) < 4.78 is 16.3. The SMILES string of the molecule is [CH2]NC(=O)Cc1ccc(COC(=O)[C@H](COCc2ccccc2)NC(=O)OC(C)(C)C)cc1. The molecule has 0 bridgehead atoms. The summed E-state index contributed by atoms with van der Waals surface area (Å²) in [5.74, 6) is -0.838. The van der Waals surface area contributed by atoms with Gasteiger partial charge in [-0.25, -0.2) is 9.59 Å². The van der Waals surface area contributed by atoms with Gasteiger partial charge in [-0.1, -0.05) is 54.6 Å². The zero-order chi connectivity index (χ0) is 24.3. The largest absolute Gasteiger partial charge is 0.459 e. The van der Waals surface area contributed by atoms with Crippen LogP contribution in [-0.2, 0) is 43.4 Å². The third-order valence-corrected chi connectivity index (χ3v) is 4.34. The second kappa shape index (κ2) is 12.6. The van der Waals surface area contributed by atoms with Crippen LogP contribution in [0.1, 0.15) is 37.5 Å². The van der Waals surface area contributed by atoms with Crippen LogP contribution in [0, 0.1) is 7.05 Å². The maximum Gasteiger partial charge on any atom is 0.408 e. The molecule has 0 aliphatic rings. The summed E-state index contributed by atoms with van der Waals surface area (Å²) in [4.78, 5) is 36.3. The normalized spacial score (nSPS) is 11.9. The molecule has 0 spiro atoms. The van der Waals surface area contributed by atoms with Gasteiger partial charge in [0, 0.05) is 7.05 Å². The molecule has 0 saturated heterocycles. The summed E-state index contributed by atoms with van der Waals surface area (Å²) in [6.45, 7) is 5.41. The number of carbonyl (C=O) groups excluding carboxylic acids is 3. The van der Waals surface area contributed by atoms with E-state index in [1.54, 1.807) is 45.0 Å². The van der Waals surface area contributed by atoms with E-state index >= 15 is 0 Å². The van der Waals surface area contributed by atoms with Gasteiger partial charge in [0.15, 0.2) is 6.04 Å². The standard InChI is InChI=1S/C25H31N2O6/c1-25(2,3)33-24(30)27-21(17-31-15-19-8-6-5-7-9-19)23(29)32-16-20-12-10-18(11-13-20)14-22(28)26-4/h5-13,21H,4,14-17H2,1-3H3,(H,26,28)(H,27,30)/t21-/m0/s1. The molecule has 1 radical (unpaired) electrons. The number of rotatable bonds is 10. The Morgan fingerprint density at radius 3 is 2.12 bits per heavy atom. The number of nitrogens with one attached hydrogen (secondary N) is 2. The summed E-state index contributed by atoms with van der Waals surface area (Å²) in [7, 11) is 3.34. The van der Waals surface area contributed by atoms with Crippen LogP contribution < -0.4 is 10.6 Å². The molecule has 2 N–H and O–H groups in total. The Kier molecular flexibility index (Phi) is 9.87. The number of amides is 2. The lowest BCUT2D eigenvalue weighted by Gasteiger charge is -2.23. The first kappa shape index (κ1) is 25.9. The van der Waals surface area contributed by atoms with Gasteiger partial charge in [-0.3, -0.25) is 4.79 Å². The first-order chi connectivity index (χ1) is 15.7. The van der Waals surface area contributed by atoms with Crippen molar-refractivity contribution in [2.75, 3.05) is 6.61 Å². The molecule has 8 nitrogen and oxygen atoms in total. The molecule has 0 saturated carbocycles. The zero-order valence-corrected chi connectivity index (χ0v) is 19.3. The summed E-state index contributed by atoms with van der Waals surface area (Å²) >= 11 is 0. The summed E-state index contributed by atoms with van der Waals surface area (Å²) in [6.07, 6.45) is -0.523. The predicted octanol–water partition coefficient (Wildman–Crippen LogP) is 3.29. The highest BCUT2D eigenvalue weighted by molar-refractivity contribution is 5.81. The van der Waals surface area contributed by atoms with E-state index in [9.17, 15) is 14.4 Å². The van der Waals surface area contributed by atoms with Crippen LogP contribution in [-0.4, -0.2) is 36.2 Å². The molecular weight excluding hydrogens is 424 g/mol. The molecular formula is C25H31N2O6. The van der Waals surface area contributed by atoms with Gasteiger partial charge in [-0.2, -0.15) is 0 Å². The maximum atomic E-state index is 12.7. The molecule has 0 fully saturated rings. The van der Waals surface area contributed by atoms with Crippen molar-refractivity contribution in [1.29, 1.82) is 0 Å². The van der Waals surface area contributed by atoms with E-state index in [1.165, 1.54) is 0 Å². The lowest BCUT2D eigenvalue weighted by molar-refractivity contribution is -0.149. The number of hydrogen-bond acceptors (Lipinski definition) is 6. The van der Waals surface area contributed by atoms with Crippen molar-refractivity contribution in [1.82, 2.24) is 10.6 Å². The Labute approximate surface area is 194 Å². The van der Waals surface area contributed by atoms with Crippen LogP contribution in [0.2, 0.25) is 0 Å². The van der Waals surface area contributed by atoms with Crippen LogP contribution in [0.3, 0.4) is 0 Å². The van der Waals surface area contributed by atoms with Crippen LogP contribution in [0.15, 0.2) is 54.6 Å². The maximum absolute atomic E-state index is 12.7. The predicted molar refractivity (Wildman–Crippen MR) is 123 cm³/mol. The first-order valence-electron chi connectivity index (χ1n) is 10.6. The third kappa shape index (κ3) is 10.2. The van der Waals surface area contributed by atoms with Crippen molar-refractivity contribution in [2.24, 2.45) is 0 Å². The van der Waals surface area contributed by atoms with E-state index in [1.807, 2.05) is 30.3 Å². The van der Waals surface area contributed by atoms with E-state index in [-0.39, 0.29) is 32.1 Å². The fourth-order valence-corrected chi connectivity index (χ4v) is 2.74. The van der Waals surface area contributed by atoms with Crippen LogP contribution in [0.4, 0.5) is 4.79 Å². The van der Waals surface area contributed by atoms with E-state index in [4.69, 9.17) is 14.2 Å². The van der Waals surface area contributed by atoms with Crippen molar-refractivity contribution < 1.29 is 28.6 Å². The summed E-state index contributed by atoms with van der Waals surface area (Å²) in [5.41, 5.74) is 1.78. The van der Waals surface area contributed by atoms with Crippen molar-refractivity contribution in [3.05, 3.63) is 78.3 Å². The van der Waals surface area contributed by atoms with Gasteiger partial charge in [0.1, 0.15) is 12.2 Å². The highest BCUT2D eigenvalue weighted by Gasteiger charge is 2.26. The molecule has 0 aliphatic heterocycles. The van der Waals surface area contributed by atoms with Gasteiger partial charge in [0.25, 0.3) is 0 Å². The lowest BCUT2D eigenvalue weighted by atomic mass is 10.1. The molecule has 2 rings (SSSR count). The second-order valence-electron chi connectivity index (χ2n) is 8.40. The average Bonchev–Trinajstić information content (AvgIpc) is 2.77. The number of alkyl carbamates (subject to hydrolysis) is 1. The average molecular weight is 456 g/mol. The number of ether oxygens (including phenoxy) is 3. The Bertz CT molecular complexity index is 907. The molecule has 0 unspecified atom stereocenters. The Morgan fingerprint density at radius 1 is 0.909 bits per heavy atom. The molecule has 0 heterocycles. The minimum Gasteiger partial charge on any atom is -0.459 e. The second-order valence-corrected chi connectivity index (χ2v) is 8.40. The zero-order valence-electron chi connectivity index (χ0n) is 19.3. The minimum atomic E-state index is -1.04. The monoisotopic (exact) mass is 455 g/mol. The van der Waals surface area contributed by atoms with Crippen molar-refractivity contribution in [2.45, 2.75) is 52.0 Å². The number of carbonyl (C=O) groups is 3. The fraction of sp³-hybridized carbons (Fsp3) is 0.360. The highest BCUT2D eigenvalue weighted by Crippen LogP contribution is 2.10. The van der Waals surface area contributed by atoms with Gasteiger partial charge in [-0.05, 0) is 37.5 Å². The number of esters is 1. The van der Waals surface area contributed by atoms with Crippen molar-refractivity contribution in [3.8, 4) is 0 Å². The molecule has 0 aromatic heterocycles. The molecule has 0 aliphatic carbocycles. The van der Waals surface area contributed by atoms with Gasteiger partial charge in [-0.15, -0.1) is 0 Å². The summed E-state index contributed by atoms with van der Waals surface area (Å²) in [5, 5.41) is 4.84. The Hall–Kier alpha value is -3.39. The van der Waals surface area contributed by atoms with Crippen molar-refractivity contribution >= 4 is 18.0 Å². The van der Waals surface area contributed by atoms with Crippen LogP contribution >= 0.6 is 0 Å². The Morgan fingerprint density at radius 2 is 1.52 bits per heavy atom. The highest BCUT2D eigenvalue weighted by atomic mass is 16.6. The minimum absolute atomic E-state index is 0.00578. The molecule has 1 atom stereocenters. The Balaban J connectivity index is 1.94. The quantitative estimate of drug-likeness (QED) is 0.533. The molecule has 2 aromatic rings. The van der Waals surface area contributed by atoms with E-state index in [0.717, 1.165) is 16.7 Å². The summed E-state index contributed by atoms with van der Waals surface area (Å²) in [6, 6.07) is 15.5. The molecule has 2 aromatic carbocycles. The van der Waals surface area contributed by atoms with Crippen molar-refractivity contribution in [3.63, 3.8) is 0 Å². The van der Waals surface area contributed by atoms with Gasteiger partial charge < -0.3 is 24.8 Å². The van der Waals surface area contributed by atoms with Crippen LogP contribution in [0.5, 0.6) is 0 Å². The van der Waals surface area contributed by atoms with Gasteiger partial charge >= 0.3 is 12.1 Å². The molecule has 2 amide bonds. The van der Waals surface area contributed by atoms with Crippen LogP contribution in [0.25, 0.3) is 0 Å². The lowest BCUT2D eigenvalue weighted by Crippen LogP contribution is -2.46. The number of hydrogen-bond donors (Lipinski definition) is 2. The van der Waals surface area contributed by atoms with Gasteiger partial charge in [0.05, 0.1) is 19.6 Å². The van der Waals surface area contributed by atoms with E-state index in [0.29, 0.717) is 0 Å². The topological polar surface area (TPSA) is 103 Å².